The van der Waals surface area contributed by atoms with E-state index in [1.807, 2.05) is 79.7 Å². The molecule has 0 aliphatic carbocycles. The van der Waals surface area contributed by atoms with Crippen LogP contribution in [0.2, 0.25) is 0 Å². The molecule has 7 nitrogen and oxygen atoms in total. The maximum Gasteiger partial charge on any atom is 0.319 e. The van der Waals surface area contributed by atoms with Gasteiger partial charge in [0, 0.05) is 34.4 Å². The highest BCUT2D eigenvalue weighted by Crippen LogP contribution is 2.43. The number of carbonyl (C=O) groups excluding carboxylic acids is 1. The van der Waals surface area contributed by atoms with Crippen LogP contribution in [-0.4, -0.2) is 36.6 Å². The number of hydrogen-bond acceptors (Lipinski definition) is 6. The highest BCUT2D eigenvalue weighted by molar-refractivity contribution is 7.99. The second-order valence-electron chi connectivity index (χ2n) is 8.89. The van der Waals surface area contributed by atoms with Crippen molar-refractivity contribution in [2.24, 2.45) is 5.92 Å². The first kappa shape index (κ1) is 27.0. The number of rotatable bonds is 9. The molecule has 3 aromatic rings. The zero-order valence-electron chi connectivity index (χ0n) is 21.3. The number of aliphatic hydroxyl groups is 1. The summed E-state index contributed by atoms with van der Waals surface area (Å²) in [6.45, 7) is 4.55. The number of benzene rings is 3. The van der Waals surface area contributed by atoms with Gasteiger partial charge in [-0.2, -0.15) is 0 Å². The second kappa shape index (κ2) is 13.0. The average molecular weight is 523 g/mol. The van der Waals surface area contributed by atoms with E-state index >= 15 is 0 Å². The largest absolute Gasteiger partial charge is 0.496 e. The maximum atomic E-state index is 12.0. The first-order chi connectivity index (χ1) is 18.0. The Morgan fingerprint density at radius 3 is 2.54 bits per heavy atom. The van der Waals surface area contributed by atoms with E-state index in [4.69, 9.17) is 14.2 Å². The number of methoxy groups -OCH3 is 1. The Morgan fingerprint density at radius 2 is 1.81 bits per heavy atom. The van der Waals surface area contributed by atoms with Crippen LogP contribution in [0, 0.1) is 5.92 Å². The van der Waals surface area contributed by atoms with Crippen LogP contribution in [0.15, 0.2) is 77.7 Å². The first-order valence-corrected chi connectivity index (χ1v) is 13.4. The quantitative estimate of drug-likeness (QED) is 0.303. The standard InChI is InChI=1S/C29H34N2O5S/c1-4-30-29(33)31-23-9-7-8-22(16-23)28-35-25(18-37-26-11-6-5-10-24(26)34-3)19(2)27(36-28)21-14-12-20(17-32)13-15-21/h5-16,19,25,27-28,32H,4,17-18H2,1-3H3,(H2,30,31,33)/t19-,25+,27+,28+/m0/s1. The minimum Gasteiger partial charge on any atom is -0.496 e. The molecule has 196 valence electrons. The van der Waals surface area contributed by atoms with E-state index in [1.165, 1.54) is 0 Å². The Bertz CT molecular complexity index is 1170. The lowest BCUT2D eigenvalue weighted by molar-refractivity contribution is -0.268. The van der Waals surface area contributed by atoms with E-state index in [-0.39, 0.29) is 30.8 Å². The molecule has 37 heavy (non-hydrogen) atoms. The molecule has 0 saturated carbocycles. The molecule has 8 heteroatoms. The second-order valence-corrected chi connectivity index (χ2v) is 9.96. The predicted octanol–water partition coefficient (Wildman–Crippen LogP) is 5.91. The van der Waals surface area contributed by atoms with Crippen molar-refractivity contribution in [3.05, 3.63) is 89.5 Å². The fourth-order valence-electron chi connectivity index (χ4n) is 4.32. The molecule has 3 aromatic carbocycles. The van der Waals surface area contributed by atoms with E-state index in [0.717, 1.165) is 27.3 Å². The van der Waals surface area contributed by atoms with Crippen LogP contribution in [0.4, 0.5) is 10.5 Å². The van der Waals surface area contributed by atoms with Gasteiger partial charge in [-0.3, -0.25) is 0 Å². The third-order valence-corrected chi connectivity index (χ3v) is 7.49. The van der Waals surface area contributed by atoms with Gasteiger partial charge in [0.05, 0.1) is 25.9 Å². The SMILES string of the molecule is CCNC(=O)Nc1cccc([C@@H]2O[C@H](CSc3ccccc3OC)[C@H](C)[C@H](c3ccc(CO)cc3)O2)c1. The summed E-state index contributed by atoms with van der Waals surface area (Å²) < 4.78 is 18.6. The predicted molar refractivity (Wildman–Crippen MR) is 146 cm³/mol. The van der Waals surface area contributed by atoms with Crippen molar-refractivity contribution < 1.29 is 24.1 Å². The van der Waals surface area contributed by atoms with Gasteiger partial charge in [0.25, 0.3) is 0 Å². The molecular weight excluding hydrogens is 488 g/mol. The molecule has 0 bridgehead atoms. The summed E-state index contributed by atoms with van der Waals surface area (Å²) in [5.41, 5.74) is 3.37. The number of thioether (sulfide) groups is 1. The minimum absolute atomic E-state index is 0.00331. The highest BCUT2D eigenvalue weighted by atomic mass is 32.2. The van der Waals surface area contributed by atoms with Gasteiger partial charge in [0.15, 0.2) is 6.29 Å². The van der Waals surface area contributed by atoms with Gasteiger partial charge in [0.2, 0.25) is 0 Å². The van der Waals surface area contributed by atoms with Crippen LogP contribution in [-0.2, 0) is 16.1 Å². The van der Waals surface area contributed by atoms with Gasteiger partial charge in [0.1, 0.15) is 5.75 Å². The van der Waals surface area contributed by atoms with E-state index in [9.17, 15) is 9.90 Å². The van der Waals surface area contributed by atoms with Crippen molar-refractivity contribution in [3.8, 4) is 5.75 Å². The number of anilines is 1. The lowest BCUT2D eigenvalue weighted by atomic mass is 9.91. The van der Waals surface area contributed by atoms with Crippen molar-refractivity contribution >= 4 is 23.5 Å². The molecule has 0 spiro atoms. The van der Waals surface area contributed by atoms with Crippen LogP contribution < -0.4 is 15.4 Å². The Hall–Kier alpha value is -3.04. The molecule has 4 atom stereocenters. The van der Waals surface area contributed by atoms with E-state index in [1.54, 1.807) is 18.9 Å². The monoisotopic (exact) mass is 522 g/mol. The van der Waals surface area contributed by atoms with Crippen LogP contribution in [0.3, 0.4) is 0 Å². The van der Waals surface area contributed by atoms with E-state index < -0.39 is 6.29 Å². The summed E-state index contributed by atoms with van der Waals surface area (Å²) in [6.07, 6.45) is -0.941. The number of nitrogens with one attached hydrogen (secondary N) is 2. The molecule has 1 saturated heterocycles. The Balaban J connectivity index is 1.59. The number of aliphatic hydroxyl groups excluding tert-OH is 1. The summed E-state index contributed by atoms with van der Waals surface area (Å²) in [5, 5.41) is 15.1. The number of hydrogen-bond donors (Lipinski definition) is 3. The Kier molecular flexibility index (Phi) is 9.46. The van der Waals surface area contributed by atoms with Gasteiger partial charge in [-0.15, -0.1) is 11.8 Å². The number of para-hydroxylation sites is 1. The summed E-state index contributed by atoms with van der Waals surface area (Å²) >= 11 is 1.70. The van der Waals surface area contributed by atoms with E-state index in [2.05, 4.69) is 17.6 Å². The maximum absolute atomic E-state index is 12.0. The lowest BCUT2D eigenvalue weighted by Gasteiger charge is -2.41. The fraction of sp³-hybridized carbons (Fsp3) is 0.345. The summed E-state index contributed by atoms with van der Waals surface area (Å²) in [5.74, 6) is 1.61. The molecule has 1 heterocycles. The average Bonchev–Trinajstić information content (AvgIpc) is 2.93. The van der Waals surface area contributed by atoms with Crippen LogP contribution in [0.25, 0.3) is 0 Å². The van der Waals surface area contributed by atoms with Gasteiger partial charge in [-0.1, -0.05) is 55.5 Å². The number of amides is 2. The van der Waals surface area contributed by atoms with Gasteiger partial charge < -0.3 is 30.0 Å². The fourth-order valence-corrected chi connectivity index (χ4v) is 5.51. The molecular formula is C29H34N2O5S. The highest BCUT2D eigenvalue weighted by Gasteiger charge is 2.38. The van der Waals surface area contributed by atoms with Gasteiger partial charge in [-0.05, 0) is 42.3 Å². The van der Waals surface area contributed by atoms with Crippen molar-refractivity contribution in [2.45, 2.75) is 43.8 Å². The van der Waals surface area contributed by atoms with Gasteiger partial charge in [-0.25, -0.2) is 4.79 Å². The molecule has 1 aliphatic rings. The smallest absolute Gasteiger partial charge is 0.319 e. The third-order valence-electron chi connectivity index (χ3n) is 6.35. The Morgan fingerprint density at radius 1 is 1.03 bits per heavy atom. The summed E-state index contributed by atoms with van der Waals surface area (Å²) in [4.78, 5) is 13.1. The molecule has 4 rings (SSSR count). The third kappa shape index (κ3) is 6.84. The zero-order valence-corrected chi connectivity index (χ0v) is 22.2. The minimum atomic E-state index is -0.613. The normalized spacial score (nSPS) is 21.3. The number of carbonyl (C=O) groups is 1. The van der Waals surface area contributed by atoms with Crippen molar-refractivity contribution in [2.75, 3.05) is 24.7 Å². The number of urea groups is 1. The summed E-state index contributed by atoms with van der Waals surface area (Å²) in [7, 11) is 1.68. The molecule has 1 aliphatic heterocycles. The first-order valence-electron chi connectivity index (χ1n) is 12.4. The lowest BCUT2D eigenvalue weighted by Crippen LogP contribution is -2.38. The van der Waals surface area contributed by atoms with Crippen molar-refractivity contribution in [1.29, 1.82) is 0 Å². The van der Waals surface area contributed by atoms with E-state index in [0.29, 0.717) is 18.0 Å². The van der Waals surface area contributed by atoms with Crippen LogP contribution in [0.1, 0.15) is 42.9 Å². The Labute approximate surface area is 222 Å². The number of ether oxygens (including phenoxy) is 3. The van der Waals surface area contributed by atoms with Crippen molar-refractivity contribution in [1.82, 2.24) is 5.32 Å². The molecule has 0 aromatic heterocycles. The van der Waals surface area contributed by atoms with Gasteiger partial charge >= 0.3 is 6.03 Å². The van der Waals surface area contributed by atoms with Crippen LogP contribution >= 0.6 is 11.8 Å². The summed E-state index contributed by atoms with van der Waals surface area (Å²) in [6, 6.07) is 23.1. The van der Waals surface area contributed by atoms with Crippen LogP contribution in [0.5, 0.6) is 5.75 Å². The molecule has 2 amide bonds. The molecule has 0 unspecified atom stereocenters. The topological polar surface area (TPSA) is 89.1 Å². The molecule has 0 radical (unpaired) electrons. The molecule has 3 N–H and O–H groups in total. The zero-order chi connectivity index (χ0) is 26.2. The molecule has 1 fully saturated rings. The van der Waals surface area contributed by atoms with Crippen molar-refractivity contribution in [3.63, 3.8) is 0 Å².